The Balaban J connectivity index is 1.77. The molecule has 24 heavy (non-hydrogen) atoms. The average Bonchev–Trinajstić information content (AvgIpc) is 2.93. The van der Waals surface area contributed by atoms with Crippen molar-refractivity contribution in [1.82, 2.24) is 15.5 Å². The van der Waals surface area contributed by atoms with Gasteiger partial charge in [0.2, 0.25) is 11.0 Å². The fraction of sp³-hybridized carbons (Fsp3) is 0.471. The van der Waals surface area contributed by atoms with E-state index in [9.17, 15) is 4.79 Å². The quantitative estimate of drug-likeness (QED) is 0.735. The molecule has 0 spiro atoms. The molecule has 2 N–H and O–H groups in total. The first-order chi connectivity index (χ1) is 11.3. The predicted molar refractivity (Wildman–Crippen MR) is 102 cm³/mol. The lowest BCUT2D eigenvalue weighted by Gasteiger charge is -2.18. The van der Waals surface area contributed by atoms with E-state index in [0.29, 0.717) is 6.54 Å². The van der Waals surface area contributed by atoms with E-state index < -0.39 is 0 Å². The van der Waals surface area contributed by atoms with Gasteiger partial charge in [0, 0.05) is 12.1 Å². The zero-order valence-corrected chi connectivity index (χ0v) is 16.1. The Hall–Kier alpha value is -1.60. The third-order valence-electron chi connectivity index (χ3n) is 3.09. The predicted octanol–water partition coefficient (Wildman–Crippen LogP) is 3.59. The molecule has 130 valence electrons. The van der Waals surface area contributed by atoms with Crippen molar-refractivity contribution in [1.29, 1.82) is 0 Å². The van der Waals surface area contributed by atoms with Gasteiger partial charge in [-0.2, -0.15) is 0 Å². The molecule has 0 aliphatic carbocycles. The first-order valence-electron chi connectivity index (χ1n) is 7.93. The van der Waals surface area contributed by atoms with E-state index in [1.807, 2.05) is 25.1 Å². The molecule has 0 fully saturated rings. The van der Waals surface area contributed by atoms with Gasteiger partial charge in [-0.1, -0.05) is 53.4 Å². The molecule has 7 heteroatoms. The lowest BCUT2D eigenvalue weighted by molar-refractivity contribution is -0.120. The number of hydrogen-bond acceptors (Lipinski definition) is 6. The second kappa shape index (κ2) is 8.48. The molecule has 1 heterocycles. The Morgan fingerprint density at radius 3 is 2.62 bits per heavy atom. The summed E-state index contributed by atoms with van der Waals surface area (Å²) in [5, 5.41) is 15.1. The van der Waals surface area contributed by atoms with Crippen LogP contribution in [0.4, 0.5) is 5.13 Å². The first-order valence-corrected chi connectivity index (χ1v) is 9.63. The van der Waals surface area contributed by atoms with Gasteiger partial charge in [0.25, 0.3) is 0 Å². The van der Waals surface area contributed by atoms with Crippen molar-refractivity contribution in [2.45, 2.75) is 49.2 Å². The molecule has 0 saturated carbocycles. The van der Waals surface area contributed by atoms with Gasteiger partial charge in [-0.05, 0) is 39.7 Å². The molecule has 1 atom stereocenters. The van der Waals surface area contributed by atoms with Crippen LogP contribution in [0.15, 0.2) is 34.7 Å². The third kappa shape index (κ3) is 6.49. The van der Waals surface area contributed by atoms with Crippen molar-refractivity contribution in [2.75, 3.05) is 11.9 Å². The summed E-state index contributed by atoms with van der Waals surface area (Å²) in [6.45, 7) is 8.75. The second-order valence-corrected chi connectivity index (χ2v) is 9.10. The van der Waals surface area contributed by atoms with Gasteiger partial charge in [0.15, 0.2) is 4.34 Å². The highest BCUT2D eigenvalue weighted by atomic mass is 32.2. The zero-order chi connectivity index (χ0) is 17.6. The molecule has 0 aliphatic rings. The van der Waals surface area contributed by atoms with Crippen molar-refractivity contribution in [2.24, 2.45) is 0 Å². The van der Waals surface area contributed by atoms with Gasteiger partial charge < -0.3 is 10.6 Å². The molecule has 1 unspecified atom stereocenters. The number of hydrogen-bond donors (Lipinski definition) is 2. The van der Waals surface area contributed by atoms with Crippen LogP contribution in [0.25, 0.3) is 0 Å². The summed E-state index contributed by atoms with van der Waals surface area (Å²) in [4.78, 5) is 12.2. The molecule has 0 aliphatic heterocycles. The zero-order valence-electron chi connectivity index (χ0n) is 14.5. The number of carbonyl (C=O) groups excluding carboxylic acids is 1. The van der Waals surface area contributed by atoms with Crippen LogP contribution < -0.4 is 10.6 Å². The summed E-state index contributed by atoms with van der Waals surface area (Å²) < 4.78 is 0.799. The van der Waals surface area contributed by atoms with E-state index in [2.05, 4.69) is 53.7 Å². The van der Waals surface area contributed by atoms with Crippen molar-refractivity contribution >= 4 is 34.1 Å². The average molecular weight is 365 g/mol. The highest BCUT2D eigenvalue weighted by Gasteiger charge is 2.18. The van der Waals surface area contributed by atoms with Crippen molar-refractivity contribution in [3.05, 3.63) is 35.9 Å². The number of rotatable bonds is 7. The Bertz CT molecular complexity index is 652. The minimum absolute atomic E-state index is 0.0245. The van der Waals surface area contributed by atoms with E-state index in [4.69, 9.17) is 0 Å². The summed E-state index contributed by atoms with van der Waals surface area (Å²) in [6.07, 6.45) is 0.836. The van der Waals surface area contributed by atoms with E-state index in [0.717, 1.165) is 15.9 Å². The number of anilines is 1. The molecule has 2 aromatic rings. The van der Waals surface area contributed by atoms with E-state index in [1.54, 1.807) is 0 Å². The van der Waals surface area contributed by atoms with Crippen LogP contribution in [0, 0.1) is 0 Å². The smallest absolute Gasteiger partial charge is 0.233 e. The standard InChI is InChI=1S/C17H24N4OS2/c1-12(14(22)18-11-10-13-8-6-5-7-9-13)23-16-21-20-15(24-16)19-17(2,3)4/h5-9,12H,10-11H2,1-4H3,(H,18,22)(H,19,20). The fourth-order valence-electron chi connectivity index (χ4n) is 1.95. The number of carbonyl (C=O) groups is 1. The number of benzene rings is 1. The highest BCUT2D eigenvalue weighted by molar-refractivity contribution is 8.02. The molecule has 0 saturated heterocycles. The molecule has 2 rings (SSSR count). The van der Waals surface area contributed by atoms with Gasteiger partial charge in [0.05, 0.1) is 5.25 Å². The van der Waals surface area contributed by atoms with E-state index in [1.165, 1.54) is 28.7 Å². The van der Waals surface area contributed by atoms with E-state index >= 15 is 0 Å². The van der Waals surface area contributed by atoms with Crippen LogP contribution in [-0.2, 0) is 11.2 Å². The van der Waals surface area contributed by atoms with Crippen LogP contribution in [0.3, 0.4) is 0 Å². The maximum atomic E-state index is 12.2. The molecule has 1 amide bonds. The largest absolute Gasteiger partial charge is 0.355 e. The summed E-state index contributed by atoms with van der Waals surface area (Å²) in [6, 6.07) is 10.1. The SMILES string of the molecule is CC(Sc1nnc(NC(C)(C)C)s1)C(=O)NCCc1ccccc1. The summed E-state index contributed by atoms with van der Waals surface area (Å²) in [5.41, 5.74) is 1.17. The number of thioether (sulfide) groups is 1. The number of nitrogens with zero attached hydrogens (tertiary/aromatic N) is 2. The Morgan fingerprint density at radius 2 is 1.96 bits per heavy atom. The number of aromatic nitrogens is 2. The maximum absolute atomic E-state index is 12.2. The van der Waals surface area contributed by atoms with Crippen LogP contribution in [-0.4, -0.2) is 33.4 Å². The molecular weight excluding hydrogens is 340 g/mol. The van der Waals surface area contributed by atoms with Crippen LogP contribution in [0.2, 0.25) is 0 Å². The van der Waals surface area contributed by atoms with Crippen molar-refractivity contribution < 1.29 is 4.79 Å². The first kappa shape index (κ1) is 18.7. The van der Waals surface area contributed by atoms with Crippen LogP contribution in [0.1, 0.15) is 33.3 Å². The Labute approximate surface area is 151 Å². The monoisotopic (exact) mass is 364 g/mol. The fourth-order valence-corrected chi connectivity index (χ4v) is 4.08. The Morgan fingerprint density at radius 1 is 1.25 bits per heavy atom. The van der Waals surface area contributed by atoms with Gasteiger partial charge in [0.1, 0.15) is 0 Å². The normalized spacial score (nSPS) is 12.7. The molecule has 1 aromatic carbocycles. The maximum Gasteiger partial charge on any atom is 0.233 e. The lowest BCUT2D eigenvalue weighted by Crippen LogP contribution is -2.32. The van der Waals surface area contributed by atoms with Crippen molar-refractivity contribution in [3.63, 3.8) is 0 Å². The van der Waals surface area contributed by atoms with Gasteiger partial charge in [-0.25, -0.2) is 0 Å². The minimum atomic E-state index is -0.198. The topological polar surface area (TPSA) is 66.9 Å². The van der Waals surface area contributed by atoms with Crippen LogP contribution in [0.5, 0.6) is 0 Å². The van der Waals surface area contributed by atoms with Crippen molar-refractivity contribution in [3.8, 4) is 0 Å². The molecular formula is C17H24N4OS2. The molecule has 0 bridgehead atoms. The Kier molecular flexibility index (Phi) is 6.62. The van der Waals surface area contributed by atoms with Gasteiger partial charge in [-0.15, -0.1) is 10.2 Å². The summed E-state index contributed by atoms with van der Waals surface area (Å²) in [7, 11) is 0. The summed E-state index contributed by atoms with van der Waals surface area (Å²) in [5.74, 6) is 0.0245. The van der Waals surface area contributed by atoms with Gasteiger partial charge >= 0.3 is 0 Å². The minimum Gasteiger partial charge on any atom is -0.355 e. The second-order valence-electron chi connectivity index (χ2n) is 6.53. The molecule has 1 aromatic heterocycles. The lowest BCUT2D eigenvalue weighted by atomic mass is 10.1. The van der Waals surface area contributed by atoms with E-state index in [-0.39, 0.29) is 16.7 Å². The highest BCUT2D eigenvalue weighted by Crippen LogP contribution is 2.30. The summed E-state index contributed by atoms with van der Waals surface area (Å²) >= 11 is 2.91. The number of amides is 1. The third-order valence-corrected chi connectivity index (χ3v) is 5.11. The van der Waals surface area contributed by atoms with Crippen LogP contribution >= 0.6 is 23.1 Å². The molecule has 5 nitrogen and oxygen atoms in total. The number of nitrogens with one attached hydrogen (secondary N) is 2. The molecule has 0 radical (unpaired) electrons. The van der Waals surface area contributed by atoms with Gasteiger partial charge in [-0.3, -0.25) is 4.79 Å².